The monoisotopic (exact) mass is 206 g/mol. The van der Waals surface area contributed by atoms with E-state index in [0.29, 0.717) is 6.04 Å². The first-order chi connectivity index (χ1) is 7.40. The molecule has 1 fully saturated rings. The lowest BCUT2D eigenvalue weighted by atomic mass is 10.1. The predicted molar refractivity (Wildman–Crippen MR) is 56.5 cm³/mol. The molecule has 0 unspecified atom stereocenters. The van der Waals surface area contributed by atoms with Gasteiger partial charge in [0.25, 0.3) is 0 Å². The third-order valence-corrected chi connectivity index (χ3v) is 2.63. The third kappa shape index (κ3) is 2.43. The molecule has 2 heterocycles. The van der Waals surface area contributed by atoms with Gasteiger partial charge in [0.1, 0.15) is 0 Å². The Bertz CT molecular complexity index is 308. The summed E-state index contributed by atoms with van der Waals surface area (Å²) in [6, 6.07) is 2.12. The molecule has 1 saturated heterocycles. The number of amides is 1. The van der Waals surface area contributed by atoms with Crippen LogP contribution in [0.1, 0.15) is 12.8 Å². The fraction of sp³-hybridized carbons (Fsp3) is 0.500. The van der Waals surface area contributed by atoms with E-state index in [-0.39, 0.29) is 0 Å². The Morgan fingerprint density at radius 3 is 2.60 bits per heavy atom. The summed E-state index contributed by atoms with van der Waals surface area (Å²) in [7, 11) is 0. The van der Waals surface area contributed by atoms with Crippen molar-refractivity contribution in [1.82, 2.24) is 15.3 Å². The molecule has 1 aromatic heterocycles. The Morgan fingerprint density at radius 2 is 2.00 bits per heavy atom. The van der Waals surface area contributed by atoms with E-state index in [1.54, 1.807) is 12.4 Å². The number of rotatable bonds is 3. The second-order valence-electron chi connectivity index (χ2n) is 3.59. The van der Waals surface area contributed by atoms with Crippen LogP contribution in [0.3, 0.4) is 0 Å². The molecule has 0 radical (unpaired) electrons. The molecule has 5 heteroatoms. The summed E-state index contributed by atoms with van der Waals surface area (Å²) in [6.07, 6.45) is 6.18. The normalized spacial score (nSPS) is 17.5. The minimum atomic E-state index is 0.308. The molecular weight excluding hydrogens is 192 g/mol. The summed E-state index contributed by atoms with van der Waals surface area (Å²) in [5.74, 6) is 0.780. The number of carbonyl (C=O) groups excluding carboxylic acids is 1. The van der Waals surface area contributed by atoms with Gasteiger partial charge in [-0.15, -0.1) is 0 Å². The minimum absolute atomic E-state index is 0.308. The average molecular weight is 206 g/mol. The SMILES string of the molecule is O=CNC1CCN(c2ncccn2)CC1. The number of piperidine rings is 1. The van der Waals surface area contributed by atoms with Gasteiger partial charge in [0.15, 0.2) is 0 Å². The van der Waals surface area contributed by atoms with Gasteiger partial charge in [-0.2, -0.15) is 0 Å². The standard InChI is InChI=1S/C10H14N4O/c15-8-13-9-2-6-14(7-3-9)10-11-4-1-5-12-10/h1,4-5,8-9H,2-3,6-7H2,(H,13,15). The van der Waals surface area contributed by atoms with Gasteiger partial charge in [-0.3, -0.25) is 4.79 Å². The molecular formula is C10H14N4O. The molecule has 0 aromatic carbocycles. The first kappa shape index (κ1) is 9.89. The maximum atomic E-state index is 10.3. The van der Waals surface area contributed by atoms with Crippen LogP contribution >= 0.6 is 0 Å². The van der Waals surface area contributed by atoms with Crippen LogP contribution in [0, 0.1) is 0 Å². The number of carbonyl (C=O) groups is 1. The van der Waals surface area contributed by atoms with Crippen LogP contribution in [0.4, 0.5) is 5.95 Å². The lowest BCUT2D eigenvalue weighted by Gasteiger charge is -2.31. The summed E-state index contributed by atoms with van der Waals surface area (Å²) in [6.45, 7) is 1.80. The Balaban J connectivity index is 1.91. The van der Waals surface area contributed by atoms with Gasteiger partial charge in [-0.25, -0.2) is 9.97 Å². The summed E-state index contributed by atoms with van der Waals surface area (Å²) in [5, 5.41) is 2.81. The number of anilines is 1. The van der Waals surface area contributed by atoms with E-state index in [4.69, 9.17) is 0 Å². The molecule has 0 saturated carbocycles. The lowest BCUT2D eigenvalue weighted by molar-refractivity contribution is -0.110. The van der Waals surface area contributed by atoms with Crippen LogP contribution in [0.15, 0.2) is 18.5 Å². The number of hydrogen-bond donors (Lipinski definition) is 1. The molecule has 1 aliphatic heterocycles. The van der Waals surface area contributed by atoms with Gasteiger partial charge in [0.2, 0.25) is 12.4 Å². The summed E-state index contributed by atoms with van der Waals surface area (Å²) >= 11 is 0. The Hall–Kier alpha value is -1.65. The van der Waals surface area contributed by atoms with Crippen molar-refractivity contribution in [2.24, 2.45) is 0 Å². The highest BCUT2D eigenvalue weighted by atomic mass is 16.1. The Labute approximate surface area is 88.5 Å². The fourth-order valence-electron chi connectivity index (χ4n) is 1.80. The van der Waals surface area contributed by atoms with Gasteiger partial charge in [0, 0.05) is 31.5 Å². The predicted octanol–water partition coefficient (Wildman–Crippen LogP) is 0.191. The third-order valence-electron chi connectivity index (χ3n) is 2.63. The highest BCUT2D eigenvalue weighted by Crippen LogP contribution is 2.14. The van der Waals surface area contributed by atoms with E-state index in [9.17, 15) is 4.79 Å². The van der Waals surface area contributed by atoms with E-state index < -0.39 is 0 Å². The van der Waals surface area contributed by atoms with Crippen molar-refractivity contribution < 1.29 is 4.79 Å². The molecule has 5 nitrogen and oxygen atoms in total. The van der Waals surface area contributed by atoms with Crippen LogP contribution < -0.4 is 10.2 Å². The topological polar surface area (TPSA) is 58.1 Å². The van der Waals surface area contributed by atoms with Crippen molar-refractivity contribution in [3.8, 4) is 0 Å². The molecule has 80 valence electrons. The number of aromatic nitrogens is 2. The van der Waals surface area contributed by atoms with E-state index in [2.05, 4.69) is 20.2 Å². The molecule has 1 N–H and O–H groups in total. The second kappa shape index (κ2) is 4.72. The molecule has 1 aromatic rings. The van der Waals surface area contributed by atoms with E-state index >= 15 is 0 Å². The number of nitrogens with one attached hydrogen (secondary N) is 1. The van der Waals surface area contributed by atoms with Crippen molar-refractivity contribution in [3.05, 3.63) is 18.5 Å². The molecule has 0 atom stereocenters. The van der Waals surface area contributed by atoms with Crippen LogP contribution in [0.25, 0.3) is 0 Å². The van der Waals surface area contributed by atoms with E-state index in [1.165, 1.54) is 0 Å². The Kier molecular flexibility index (Phi) is 3.11. The van der Waals surface area contributed by atoms with Crippen molar-refractivity contribution >= 4 is 12.4 Å². The fourth-order valence-corrected chi connectivity index (χ4v) is 1.80. The molecule has 0 spiro atoms. The van der Waals surface area contributed by atoms with Crippen molar-refractivity contribution in [3.63, 3.8) is 0 Å². The zero-order valence-corrected chi connectivity index (χ0v) is 8.47. The minimum Gasteiger partial charge on any atom is -0.356 e. The second-order valence-corrected chi connectivity index (χ2v) is 3.59. The summed E-state index contributed by atoms with van der Waals surface area (Å²) in [4.78, 5) is 20.8. The van der Waals surface area contributed by atoms with Crippen LogP contribution in [-0.4, -0.2) is 35.5 Å². The van der Waals surface area contributed by atoms with E-state index in [0.717, 1.165) is 38.3 Å². The zero-order chi connectivity index (χ0) is 10.5. The smallest absolute Gasteiger partial charge is 0.225 e. The molecule has 0 bridgehead atoms. The van der Waals surface area contributed by atoms with Crippen LogP contribution in [0.5, 0.6) is 0 Å². The maximum Gasteiger partial charge on any atom is 0.225 e. The molecule has 1 amide bonds. The summed E-state index contributed by atoms with van der Waals surface area (Å²) in [5.41, 5.74) is 0. The summed E-state index contributed by atoms with van der Waals surface area (Å²) < 4.78 is 0. The first-order valence-corrected chi connectivity index (χ1v) is 5.12. The average Bonchev–Trinajstić information content (AvgIpc) is 2.32. The van der Waals surface area contributed by atoms with Gasteiger partial charge >= 0.3 is 0 Å². The quantitative estimate of drug-likeness (QED) is 0.717. The van der Waals surface area contributed by atoms with Crippen LogP contribution in [0.2, 0.25) is 0 Å². The molecule has 2 rings (SSSR count). The van der Waals surface area contributed by atoms with Gasteiger partial charge in [-0.1, -0.05) is 0 Å². The highest BCUT2D eigenvalue weighted by molar-refractivity contribution is 5.46. The Morgan fingerprint density at radius 1 is 1.33 bits per heavy atom. The molecule has 1 aliphatic rings. The van der Waals surface area contributed by atoms with Crippen molar-refractivity contribution in [2.75, 3.05) is 18.0 Å². The maximum absolute atomic E-state index is 10.3. The zero-order valence-electron chi connectivity index (χ0n) is 8.47. The van der Waals surface area contributed by atoms with Crippen molar-refractivity contribution in [2.45, 2.75) is 18.9 Å². The number of nitrogens with zero attached hydrogens (tertiary/aromatic N) is 3. The lowest BCUT2D eigenvalue weighted by Crippen LogP contribution is -2.42. The molecule has 15 heavy (non-hydrogen) atoms. The first-order valence-electron chi connectivity index (χ1n) is 5.12. The van der Waals surface area contributed by atoms with Crippen LogP contribution in [-0.2, 0) is 4.79 Å². The largest absolute Gasteiger partial charge is 0.356 e. The van der Waals surface area contributed by atoms with Gasteiger partial charge in [-0.05, 0) is 18.9 Å². The van der Waals surface area contributed by atoms with Gasteiger partial charge in [0.05, 0.1) is 0 Å². The van der Waals surface area contributed by atoms with E-state index in [1.807, 2.05) is 6.07 Å². The highest BCUT2D eigenvalue weighted by Gasteiger charge is 2.19. The van der Waals surface area contributed by atoms with Crippen molar-refractivity contribution in [1.29, 1.82) is 0 Å². The molecule has 0 aliphatic carbocycles. The van der Waals surface area contributed by atoms with Gasteiger partial charge < -0.3 is 10.2 Å². The number of hydrogen-bond acceptors (Lipinski definition) is 4.